The molecule has 0 amide bonds. The van der Waals surface area contributed by atoms with Gasteiger partial charge >= 0.3 is 0 Å². The van der Waals surface area contributed by atoms with Gasteiger partial charge < -0.3 is 4.74 Å². The Morgan fingerprint density at radius 3 is 2.38 bits per heavy atom. The molecule has 1 aliphatic rings. The predicted molar refractivity (Wildman–Crippen MR) is 66.3 cm³/mol. The van der Waals surface area contributed by atoms with Crippen LogP contribution in [-0.2, 0) is 11.3 Å². The second-order valence-electron chi connectivity index (χ2n) is 5.49. The maximum atomic E-state index is 5.85. The first-order chi connectivity index (χ1) is 7.55. The predicted octanol–water partition coefficient (Wildman–Crippen LogP) is 2.69. The van der Waals surface area contributed by atoms with Crippen molar-refractivity contribution in [3.63, 3.8) is 0 Å². The lowest BCUT2D eigenvalue weighted by Crippen LogP contribution is -2.59. The van der Waals surface area contributed by atoms with Gasteiger partial charge in [0.15, 0.2) is 0 Å². The highest BCUT2D eigenvalue weighted by atomic mass is 16.5. The molecule has 2 heteroatoms. The van der Waals surface area contributed by atoms with Gasteiger partial charge in [-0.15, -0.1) is 0 Å². The highest BCUT2D eigenvalue weighted by Crippen LogP contribution is 2.23. The van der Waals surface area contributed by atoms with Gasteiger partial charge in [-0.3, -0.25) is 4.90 Å². The smallest absolute Gasteiger partial charge is 0.0833 e. The number of nitrogens with zero attached hydrogens (tertiary/aromatic N) is 1. The van der Waals surface area contributed by atoms with Crippen molar-refractivity contribution >= 4 is 0 Å². The van der Waals surface area contributed by atoms with Gasteiger partial charge in [0.25, 0.3) is 0 Å². The third-order valence-corrected chi connectivity index (χ3v) is 3.13. The molecular weight excluding hydrogens is 198 g/mol. The highest BCUT2D eigenvalue weighted by molar-refractivity contribution is 5.13. The van der Waals surface area contributed by atoms with Crippen molar-refractivity contribution in [2.75, 3.05) is 13.1 Å². The van der Waals surface area contributed by atoms with Crippen LogP contribution in [0.2, 0.25) is 0 Å². The van der Waals surface area contributed by atoms with E-state index in [-0.39, 0.29) is 5.54 Å². The van der Waals surface area contributed by atoms with Crippen LogP contribution in [0.15, 0.2) is 30.3 Å². The maximum Gasteiger partial charge on any atom is 0.0833 e. The van der Waals surface area contributed by atoms with E-state index in [0.29, 0.717) is 6.10 Å². The van der Waals surface area contributed by atoms with E-state index < -0.39 is 0 Å². The Morgan fingerprint density at radius 1 is 1.19 bits per heavy atom. The van der Waals surface area contributed by atoms with Crippen LogP contribution < -0.4 is 0 Å². The summed E-state index contributed by atoms with van der Waals surface area (Å²) in [4.78, 5) is 2.45. The monoisotopic (exact) mass is 219 g/mol. The maximum absolute atomic E-state index is 5.85. The molecule has 1 heterocycles. The molecule has 1 aromatic carbocycles. The molecule has 0 aliphatic carbocycles. The number of benzene rings is 1. The second kappa shape index (κ2) is 4.56. The third-order valence-electron chi connectivity index (χ3n) is 3.13. The van der Waals surface area contributed by atoms with Crippen molar-refractivity contribution in [2.24, 2.45) is 0 Å². The Hall–Kier alpha value is -0.860. The average molecular weight is 219 g/mol. The lowest BCUT2D eigenvalue weighted by molar-refractivity contribution is -0.0950. The second-order valence-corrected chi connectivity index (χ2v) is 5.49. The van der Waals surface area contributed by atoms with Crippen molar-refractivity contribution in [1.82, 2.24) is 4.90 Å². The Balaban J connectivity index is 1.71. The van der Waals surface area contributed by atoms with Gasteiger partial charge in [-0.25, -0.2) is 0 Å². The first kappa shape index (κ1) is 11.6. The fourth-order valence-electron chi connectivity index (χ4n) is 1.88. The van der Waals surface area contributed by atoms with Crippen LogP contribution in [0.4, 0.5) is 0 Å². The molecule has 1 fully saturated rings. The van der Waals surface area contributed by atoms with E-state index in [4.69, 9.17) is 4.74 Å². The first-order valence-corrected chi connectivity index (χ1v) is 5.96. The largest absolute Gasteiger partial charge is 0.371 e. The van der Waals surface area contributed by atoms with Crippen LogP contribution in [0.1, 0.15) is 26.3 Å². The van der Waals surface area contributed by atoms with Crippen LogP contribution >= 0.6 is 0 Å². The minimum atomic E-state index is 0.284. The van der Waals surface area contributed by atoms with Gasteiger partial charge in [-0.05, 0) is 26.3 Å². The van der Waals surface area contributed by atoms with Crippen LogP contribution in [0, 0.1) is 0 Å². The van der Waals surface area contributed by atoms with Crippen LogP contribution in [0.25, 0.3) is 0 Å². The number of ether oxygens (including phenoxy) is 1. The molecule has 0 spiro atoms. The minimum Gasteiger partial charge on any atom is -0.371 e. The van der Waals surface area contributed by atoms with E-state index in [1.165, 1.54) is 5.56 Å². The summed E-state index contributed by atoms with van der Waals surface area (Å²) in [7, 11) is 0. The molecule has 0 atom stereocenters. The van der Waals surface area contributed by atoms with Crippen LogP contribution in [0.5, 0.6) is 0 Å². The molecule has 0 saturated carbocycles. The summed E-state index contributed by atoms with van der Waals surface area (Å²) >= 11 is 0. The van der Waals surface area contributed by atoms with Gasteiger partial charge in [-0.2, -0.15) is 0 Å². The van der Waals surface area contributed by atoms with Gasteiger partial charge in [0.05, 0.1) is 12.7 Å². The van der Waals surface area contributed by atoms with Gasteiger partial charge in [0.2, 0.25) is 0 Å². The SMILES string of the molecule is CC(C)(C)N1CC(OCc2ccccc2)C1. The third kappa shape index (κ3) is 2.83. The molecule has 1 aliphatic heterocycles. The molecule has 0 radical (unpaired) electrons. The molecule has 0 bridgehead atoms. The Bertz CT molecular complexity index is 322. The number of hydrogen-bond donors (Lipinski definition) is 0. The normalized spacial score (nSPS) is 18.4. The molecule has 0 N–H and O–H groups in total. The number of hydrogen-bond acceptors (Lipinski definition) is 2. The topological polar surface area (TPSA) is 12.5 Å². The van der Waals surface area contributed by atoms with E-state index in [9.17, 15) is 0 Å². The Labute approximate surface area is 98.2 Å². The molecular formula is C14H21NO. The minimum absolute atomic E-state index is 0.284. The lowest BCUT2D eigenvalue weighted by atomic mass is 9.99. The molecule has 1 aromatic rings. The van der Waals surface area contributed by atoms with Crippen molar-refractivity contribution in [2.45, 2.75) is 39.0 Å². The zero-order chi connectivity index (χ0) is 11.6. The fraction of sp³-hybridized carbons (Fsp3) is 0.571. The van der Waals surface area contributed by atoms with E-state index in [2.05, 4.69) is 49.9 Å². The zero-order valence-corrected chi connectivity index (χ0v) is 10.4. The van der Waals surface area contributed by atoms with Gasteiger partial charge in [0.1, 0.15) is 0 Å². The standard InChI is InChI=1S/C14H21NO/c1-14(2,3)15-9-13(10-15)16-11-12-7-5-4-6-8-12/h4-8,13H,9-11H2,1-3H3. The highest BCUT2D eigenvalue weighted by Gasteiger charge is 2.34. The van der Waals surface area contributed by atoms with Crippen LogP contribution in [0.3, 0.4) is 0 Å². The average Bonchev–Trinajstić information content (AvgIpc) is 2.15. The van der Waals surface area contributed by atoms with Gasteiger partial charge in [0, 0.05) is 18.6 Å². The molecule has 16 heavy (non-hydrogen) atoms. The summed E-state index contributed by atoms with van der Waals surface area (Å²) < 4.78 is 5.85. The summed E-state index contributed by atoms with van der Waals surface area (Å²) in [5.74, 6) is 0. The van der Waals surface area contributed by atoms with E-state index in [1.807, 2.05) is 6.07 Å². The van der Waals surface area contributed by atoms with Crippen molar-refractivity contribution in [3.05, 3.63) is 35.9 Å². The van der Waals surface area contributed by atoms with Crippen molar-refractivity contribution in [1.29, 1.82) is 0 Å². The molecule has 2 nitrogen and oxygen atoms in total. The number of rotatable bonds is 3. The lowest BCUT2D eigenvalue weighted by Gasteiger charge is -2.47. The molecule has 2 rings (SSSR count). The van der Waals surface area contributed by atoms with Crippen LogP contribution in [-0.4, -0.2) is 29.6 Å². The quantitative estimate of drug-likeness (QED) is 0.775. The fourth-order valence-corrected chi connectivity index (χ4v) is 1.88. The summed E-state index contributed by atoms with van der Waals surface area (Å²) in [6.07, 6.45) is 0.416. The Morgan fingerprint density at radius 2 is 1.81 bits per heavy atom. The first-order valence-electron chi connectivity index (χ1n) is 5.96. The van der Waals surface area contributed by atoms with Gasteiger partial charge in [-0.1, -0.05) is 30.3 Å². The molecule has 1 saturated heterocycles. The van der Waals surface area contributed by atoms with E-state index in [1.54, 1.807) is 0 Å². The summed E-state index contributed by atoms with van der Waals surface area (Å²) in [5.41, 5.74) is 1.55. The van der Waals surface area contributed by atoms with E-state index in [0.717, 1.165) is 19.7 Å². The molecule has 0 unspecified atom stereocenters. The summed E-state index contributed by atoms with van der Waals surface area (Å²) in [5, 5.41) is 0. The van der Waals surface area contributed by atoms with Crippen molar-refractivity contribution in [3.8, 4) is 0 Å². The molecule has 0 aromatic heterocycles. The Kier molecular flexibility index (Phi) is 3.31. The number of likely N-dealkylation sites (tertiary alicyclic amines) is 1. The summed E-state index contributed by atoms with van der Waals surface area (Å²) in [6, 6.07) is 10.4. The zero-order valence-electron chi connectivity index (χ0n) is 10.4. The summed E-state index contributed by atoms with van der Waals surface area (Å²) in [6.45, 7) is 9.62. The van der Waals surface area contributed by atoms with Crippen molar-refractivity contribution < 1.29 is 4.74 Å². The van der Waals surface area contributed by atoms with E-state index >= 15 is 0 Å². The molecule has 88 valence electrons.